The molecular weight excluding hydrogens is 498 g/mol. The molecule has 6 heteroatoms. The van der Waals surface area contributed by atoms with Gasteiger partial charge in [-0.3, -0.25) is 4.98 Å². The molecule has 0 amide bonds. The Morgan fingerprint density at radius 1 is 0.923 bits per heavy atom. The van der Waals surface area contributed by atoms with Gasteiger partial charge in [0.2, 0.25) is 0 Å². The van der Waals surface area contributed by atoms with Crippen molar-refractivity contribution in [3.05, 3.63) is 107 Å². The first kappa shape index (κ1) is 26.9. The number of thiocarbonyl (C=S) groups is 1. The third kappa shape index (κ3) is 5.06. The summed E-state index contributed by atoms with van der Waals surface area (Å²) in [6.07, 6.45) is 1.86. The van der Waals surface area contributed by atoms with E-state index in [2.05, 4.69) is 122 Å². The molecule has 5 rings (SSSR count). The van der Waals surface area contributed by atoms with Crippen molar-refractivity contribution in [3.8, 4) is 5.69 Å². The second-order valence-corrected chi connectivity index (χ2v) is 11.0. The summed E-state index contributed by atoms with van der Waals surface area (Å²) >= 11 is 5.97. The van der Waals surface area contributed by atoms with E-state index in [0.29, 0.717) is 5.92 Å². The minimum Gasteiger partial charge on any atom is -0.372 e. The lowest BCUT2D eigenvalue weighted by Gasteiger charge is -2.28. The highest BCUT2D eigenvalue weighted by atomic mass is 32.1. The largest absolute Gasteiger partial charge is 0.372 e. The zero-order chi connectivity index (χ0) is 27.7. The average Bonchev–Trinajstić information content (AvgIpc) is 3.45. The van der Waals surface area contributed by atoms with E-state index in [4.69, 9.17) is 17.2 Å². The molecule has 39 heavy (non-hydrogen) atoms. The van der Waals surface area contributed by atoms with Gasteiger partial charge in [0, 0.05) is 47.7 Å². The molecular formula is C33H39N5S. The molecule has 1 N–H and O–H groups in total. The molecule has 0 bridgehead atoms. The summed E-state index contributed by atoms with van der Waals surface area (Å²) in [5.41, 5.74) is 9.48. The zero-order valence-corrected chi connectivity index (χ0v) is 24.7. The van der Waals surface area contributed by atoms with E-state index in [1.165, 1.54) is 33.9 Å². The Morgan fingerprint density at radius 3 is 2.18 bits per heavy atom. The van der Waals surface area contributed by atoms with Crippen molar-refractivity contribution in [1.82, 2.24) is 14.9 Å². The van der Waals surface area contributed by atoms with Crippen LogP contribution in [-0.2, 0) is 0 Å². The van der Waals surface area contributed by atoms with E-state index in [0.717, 1.165) is 29.6 Å². The molecule has 1 saturated heterocycles. The first-order valence-corrected chi connectivity index (χ1v) is 14.4. The maximum atomic E-state index is 5.97. The fourth-order valence-corrected chi connectivity index (χ4v) is 6.20. The number of hydrogen-bond acceptors (Lipinski definition) is 3. The zero-order valence-electron chi connectivity index (χ0n) is 23.8. The maximum absolute atomic E-state index is 5.97. The molecule has 0 aliphatic carbocycles. The molecule has 3 heterocycles. The number of rotatable bonds is 8. The Kier molecular flexibility index (Phi) is 7.76. The van der Waals surface area contributed by atoms with Crippen LogP contribution in [0.25, 0.3) is 5.69 Å². The van der Waals surface area contributed by atoms with Crippen molar-refractivity contribution in [3.63, 3.8) is 0 Å². The van der Waals surface area contributed by atoms with Crippen LogP contribution in [-0.4, -0.2) is 27.8 Å². The highest BCUT2D eigenvalue weighted by Gasteiger charge is 2.42. The van der Waals surface area contributed by atoms with Gasteiger partial charge in [-0.2, -0.15) is 0 Å². The number of aromatic nitrogens is 2. The molecule has 5 nitrogen and oxygen atoms in total. The van der Waals surface area contributed by atoms with Crippen molar-refractivity contribution in [2.45, 2.75) is 59.5 Å². The fourth-order valence-electron chi connectivity index (χ4n) is 5.85. The Labute approximate surface area is 238 Å². The van der Waals surface area contributed by atoms with Crippen molar-refractivity contribution in [1.29, 1.82) is 0 Å². The number of aryl methyl sites for hydroxylation is 1. The molecule has 2 aromatic heterocycles. The second-order valence-electron chi connectivity index (χ2n) is 10.6. The van der Waals surface area contributed by atoms with Gasteiger partial charge in [-0.15, -0.1) is 0 Å². The first-order valence-electron chi connectivity index (χ1n) is 14.0. The third-order valence-corrected chi connectivity index (χ3v) is 8.28. The van der Waals surface area contributed by atoms with Gasteiger partial charge in [-0.05, 0) is 112 Å². The van der Waals surface area contributed by atoms with Gasteiger partial charge >= 0.3 is 0 Å². The lowest BCUT2D eigenvalue weighted by Crippen LogP contribution is -2.29. The highest BCUT2D eigenvalue weighted by Crippen LogP contribution is 2.44. The smallest absolute Gasteiger partial charge is 0.174 e. The van der Waals surface area contributed by atoms with Crippen molar-refractivity contribution in [2.75, 3.05) is 22.9 Å². The van der Waals surface area contributed by atoms with E-state index in [1.807, 2.05) is 18.3 Å². The van der Waals surface area contributed by atoms with Gasteiger partial charge in [0.25, 0.3) is 0 Å². The monoisotopic (exact) mass is 537 g/mol. The van der Waals surface area contributed by atoms with Crippen molar-refractivity contribution < 1.29 is 0 Å². The topological polar surface area (TPSA) is 36.3 Å². The maximum Gasteiger partial charge on any atom is 0.174 e. The second kappa shape index (κ2) is 11.2. The number of pyridine rings is 1. The molecule has 0 saturated carbocycles. The standard InChI is InChI=1S/C33H39N5S/c1-7-36(8-2)26-16-18-27(19-17-26)37-23(5)21-29(24(37)6)32-31(30-11-9-10-20-34-30)35-33(39)38(32)28-14-12-25(13-15-28)22(3)4/h9-22,31-32H,7-8H2,1-6H3,(H,35,39)/t31-,32+/m1/s1. The summed E-state index contributed by atoms with van der Waals surface area (Å²) < 4.78 is 2.36. The van der Waals surface area contributed by atoms with Crippen LogP contribution in [0.3, 0.4) is 0 Å². The molecule has 0 spiro atoms. The molecule has 1 aliphatic heterocycles. The van der Waals surface area contributed by atoms with E-state index in [-0.39, 0.29) is 12.1 Å². The molecule has 4 aromatic rings. The lowest BCUT2D eigenvalue weighted by molar-refractivity contribution is 0.565. The summed E-state index contributed by atoms with van der Waals surface area (Å²) in [4.78, 5) is 9.38. The third-order valence-electron chi connectivity index (χ3n) is 7.96. The Morgan fingerprint density at radius 2 is 1.59 bits per heavy atom. The molecule has 0 unspecified atom stereocenters. The van der Waals surface area contributed by atoms with Crippen LogP contribution >= 0.6 is 12.2 Å². The Bertz CT molecular complexity index is 1420. The van der Waals surface area contributed by atoms with Crippen LogP contribution in [0.2, 0.25) is 0 Å². The number of benzene rings is 2. The quantitative estimate of drug-likeness (QED) is 0.234. The number of nitrogens with zero attached hydrogens (tertiary/aromatic N) is 4. The lowest BCUT2D eigenvalue weighted by atomic mass is 9.96. The molecule has 2 aromatic carbocycles. The van der Waals surface area contributed by atoms with Crippen LogP contribution in [0.1, 0.15) is 73.9 Å². The summed E-state index contributed by atoms with van der Waals surface area (Å²) in [6.45, 7) is 15.2. The van der Waals surface area contributed by atoms with E-state index < -0.39 is 0 Å². The van der Waals surface area contributed by atoms with E-state index >= 15 is 0 Å². The summed E-state index contributed by atoms with van der Waals surface area (Å²) in [6, 6.07) is 26.1. The van der Waals surface area contributed by atoms with Crippen LogP contribution in [0.4, 0.5) is 11.4 Å². The van der Waals surface area contributed by atoms with Crippen LogP contribution < -0.4 is 15.1 Å². The number of hydrogen-bond donors (Lipinski definition) is 1. The summed E-state index contributed by atoms with van der Waals surface area (Å²) in [7, 11) is 0. The SMILES string of the molecule is CCN(CC)c1ccc(-n2c(C)cc([C@H]3[C@@H](c4ccccn4)NC(=S)N3c3ccc(C(C)C)cc3)c2C)cc1. The molecule has 0 radical (unpaired) electrons. The van der Waals surface area contributed by atoms with Gasteiger partial charge in [0.05, 0.1) is 17.8 Å². The fraction of sp³-hybridized carbons (Fsp3) is 0.333. The minimum atomic E-state index is -0.0672. The summed E-state index contributed by atoms with van der Waals surface area (Å²) in [5, 5.41) is 4.34. The van der Waals surface area contributed by atoms with Gasteiger partial charge in [0.15, 0.2) is 5.11 Å². The van der Waals surface area contributed by atoms with Gasteiger partial charge in [0.1, 0.15) is 0 Å². The molecule has 202 valence electrons. The normalized spacial score (nSPS) is 17.1. The van der Waals surface area contributed by atoms with Gasteiger partial charge in [-0.1, -0.05) is 32.0 Å². The highest BCUT2D eigenvalue weighted by molar-refractivity contribution is 7.80. The molecule has 2 atom stereocenters. The predicted octanol–water partition coefficient (Wildman–Crippen LogP) is 7.64. The molecule has 1 aliphatic rings. The van der Waals surface area contributed by atoms with Crippen molar-refractivity contribution >= 4 is 28.7 Å². The van der Waals surface area contributed by atoms with Gasteiger partial charge < -0.3 is 19.7 Å². The Hall–Kier alpha value is -3.64. The van der Waals surface area contributed by atoms with Gasteiger partial charge in [-0.25, -0.2) is 0 Å². The predicted molar refractivity (Wildman–Crippen MR) is 167 cm³/mol. The molecule has 1 fully saturated rings. The summed E-state index contributed by atoms with van der Waals surface area (Å²) in [5.74, 6) is 0.479. The first-order chi connectivity index (χ1) is 18.8. The van der Waals surface area contributed by atoms with E-state index in [1.54, 1.807) is 0 Å². The van der Waals surface area contributed by atoms with E-state index in [9.17, 15) is 0 Å². The van der Waals surface area contributed by atoms with Crippen molar-refractivity contribution in [2.24, 2.45) is 0 Å². The number of nitrogens with one attached hydrogen (secondary N) is 1. The van der Waals surface area contributed by atoms with Crippen LogP contribution in [0, 0.1) is 13.8 Å². The average molecular weight is 538 g/mol. The minimum absolute atomic E-state index is 0.0350. The van der Waals surface area contributed by atoms with Crippen LogP contribution in [0.15, 0.2) is 79.0 Å². The van der Waals surface area contributed by atoms with Crippen LogP contribution in [0.5, 0.6) is 0 Å². The number of anilines is 2. The Balaban J connectivity index is 1.60.